The van der Waals surface area contributed by atoms with Crippen LogP contribution in [0.25, 0.3) is 0 Å². The summed E-state index contributed by atoms with van der Waals surface area (Å²) < 4.78 is 0. The van der Waals surface area contributed by atoms with Crippen LogP contribution < -0.4 is 10.6 Å². The van der Waals surface area contributed by atoms with Gasteiger partial charge in [0.05, 0.1) is 10.7 Å². The number of halogens is 1. The second kappa shape index (κ2) is 4.96. The Balaban J connectivity index is 2.27. The average molecular weight is 239 g/mol. The number of nitrogen functional groups attached to an aromatic ring is 1. The maximum atomic E-state index is 6.26. The third-order valence-corrected chi connectivity index (χ3v) is 3.64. The zero-order chi connectivity index (χ0) is 11.5. The number of nitrogens with two attached hydrogens (primary N) is 1. The van der Waals surface area contributed by atoms with Gasteiger partial charge in [0, 0.05) is 18.3 Å². The van der Waals surface area contributed by atoms with Gasteiger partial charge in [-0.05, 0) is 38.0 Å². The number of nitrogens with zero attached hydrogens (tertiary/aromatic N) is 1. The molecule has 1 aliphatic heterocycles. The predicted molar refractivity (Wildman–Crippen MR) is 71.1 cm³/mol. The molecule has 1 aromatic carbocycles. The Hall–Kier alpha value is -0.890. The third kappa shape index (κ3) is 2.43. The standard InChI is InChI=1S/C13H19ClN2/c1-10-5-3-2-4-8-16(10)13-7-6-11(15)9-12(13)14/h6-7,9-10H,2-5,8,15H2,1H3. The zero-order valence-corrected chi connectivity index (χ0v) is 10.5. The van der Waals surface area contributed by atoms with Crippen LogP contribution in [0.5, 0.6) is 0 Å². The van der Waals surface area contributed by atoms with E-state index in [-0.39, 0.29) is 0 Å². The maximum Gasteiger partial charge on any atom is 0.0660 e. The van der Waals surface area contributed by atoms with Gasteiger partial charge in [-0.15, -0.1) is 0 Å². The van der Waals surface area contributed by atoms with Crippen LogP contribution in [-0.4, -0.2) is 12.6 Å². The molecule has 3 heteroatoms. The van der Waals surface area contributed by atoms with E-state index >= 15 is 0 Å². The minimum Gasteiger partial charge on any atom is -0.399 e. The van der Waals surface area contributed by atoms with Crippen LogP contribution in [0.1, 0.15) is 32.6 Å². The highest BCUT2D eigenvalue weighted by Gasteiger charge is 2.19. The number of rotatable bonds is 1. The molecule has 2 N–H and O–H groups in total. The fourth-order valence-electron chi connectivity index (χ4n) is 2.39. The molecule has 16 heavy (non-hydrogen) atoms. The van der Waals surface area contributed by atoms with Crippen molar-refractivity contribution in [2.24, 2.45) is 0 Å². The molecular weight excluding hydrogens is 220 g/mol. The van der Waals surface area contributed by atoms with Gasteiger partial charge < -0.3 is 10.6 Å². The Morgan fingerprint density at radius 2 is 2.12 bits per heavy atom. The molecule has 0 amide bonds. The molecule has 1 aliphatic rings. The van der Waals surface area contributed by atoms with Crippen molar-refractivity contribution in [2.45, 2.75) is 38.6 Å². The second-order valence-corrected chi connectivity index (χ2v) is 5.01. The van der Waals surface area contributed by atoms with Crippen molar-refractivity contribution < 1.29 is 0 Å². The summed E-state index contributed by atoms with van der Waals surface area (Å²) in [7, 11) is 0. The molecule has 0 aromatic heterocycles. The van der Waals surface area contributed by atoms with Crippen molar-refractivity contribution in [1.29, 1.82) is 0 Å². The van der Waals surface area contributed by atoms with Gasteiger partial charge in [0.25, 0.3) is 0 Å². The molecule has 0 bridgehead atoms. The molecule has 0 saturated carbocycles. The topological polar surface area (TPSA) is 29.3 Å². The van der Waals surface area contributed by atoms with Gasteiger partial charge in [-0.2, -0.15) is 0 Å². The van der Waals surface area contributed by atoms with Gasteiger partial charge in [0.1, 0.15) is 0 Å². The molecule has 0 spiro atoms. The van der Waals surface area contributed by atoms with Crippen molar-refractivity contribution in [2.75, 3.05) is 17.2 Å². The highest BCUT2D eigenvalue weighted by Crippen LogP contribution is 2.31. The van der Waals surface area contributed by atoms with Gasteiger partial charge in [0.2, 0.25) is 0 Å². The summed E-state index contributed by atoms with van der Waals surface area (Å²) in [5.74, 6) is 0. The van der Waals surface area contributed by atoms with Gasteiger partial charge in [-0.25, -0.2) is 0 Å². The number of hydrogen-bond donors (Lipinski definition) is 1. The zero-order valence-electron chi connectivity index (χ0n) is 9.75. The summed E-state index contributed by atoms with van der Waals surface area (Å²) in [6.07, 6.45) is 5.16. The molecule has 2 rings (SSSR count). The van der Waals surface area contributed by atoms with Crippen molar-refractivity contribution in [3.8, 4) is 0 Å². The Bertz CT molecular complexity index is 365. The van der Waals surface area contributed by atoms with Crippen LogP contribution in [0.3, 0.4) is 0 Å². The van der Waals surface area contributed by atoms with Crippen LogP contribution >= 0.6 is 11.6 Å². The molecule has 1 saturated heterocycles. The van der Waals surface area contributed by atoms with Crippen molar-refractivity contribution in [1.82, 2.24) is 0 Å². The molecular formula is C13H19ClN2. The molecule has 1 heterocycles. The van der Waals surface area contributed by atoms with Crippen molar-refractivity contribution >= 4 is 23.0 Å². The van der Waals surface area contributed by atoms with E-state index in [9.17, 15) is 0 Å². The Morgan fingerprint density at radius 3 is 2.88 bits per heavy atom. The molecule has 0 radical (unpaired) electrons. The summed E-state index contributed by atoms with van der Waals surface area (Å²) in [5.41, 5.74) is 7.58. The first-order valence-corrected chi connectivity index (χ1v) is 6.38. The van der Waals surface area contributed by atoms with E-state index in [2.05, 4.69) is 11.8 Å². The molecule has 2 nitrogen and oxygen atoms in total. The summed E-state index contributed by atoms with van der Waals surface area (Å²) in [5, 5.41) is 0.772. The van der Waals surface area contributed by atoms with Crippen LogP contribution in [0.2, 0.25) is 5.02 Å². The number of anilines is 2. The summed E-state index contributed by atoms with van der Waals surface area (Å²) in [4.78, 5) is 2.41. The first-order chi connectivity index (χ1) is 7.68. The van der Waals surface area contributed by atoms with Crippen LogP contribution in [0, 0.1) is 0 Å². The SMILES string of the molecule is CC1CCCCCN1c1ccc(N)cc1Cl. The van der Waals surface area contributed by atoms with E-state index < -0.39 is 0 Å². The molecule has 1 unspecified atom stereocenters. The smallest absolute Gasteiger partial charge is 0.0660 e. The summed E-state index contributed by atoms with van der Waals surface area (Å²) in [6, 6.07) is 6.39. The van der Waals surface area contributed by atoms with Crippen LogP contribution in [-0.2, 0) is 0 Å². The van der Waals surface area contributed by atoms with E-state index in [1.807, 2.05) is 18.2 Å². The fourth-order valence-corrected chi connectivity index (χ4v) is 2.69. The quantitative estimate of drug-likeness (QED) is 0.756. The normalized spacial score (nSPS) is 21.9. The Morgan fingerprint density at radius 1 is 1.31 bits per heavy atom. The van der Waals surface area contributed by atoms with Crippen molar-refractivity contribution in [3.05, 3.63) is 23.2 Å². The monoisotopic (exact) mass is 238 g/mol. The lowest BCUT2D eigenvalue weighted by Gasteiger charge is -2.30. The fraction of sp³-hybridized carbons (Fsp3) is 0.538. The van der Waals surface area contributed by atoms with Crippen molar-refractivity contribution in [3.63, 3.8) is 0 Å². The highest BCUT2D eigenvalue weighted by molar-refractivity contribution is 6.33. The van der Waals surface area contributed by atoms with E-state index in [0.717, 1.165) is 22.9 Å². The van der Waals surface area contributed by atoms with Crippen LogP contribution in [0.15, 0.2) is 18.2 Å². The molecule has 1 fully saturated rings. The van der Waals surface area contributed by atoms with E-state index in [0.29, 0.717) is 6.04 Å². The lowest BCUT2D eigenvalue weighted by Crippen LogP contribution is -2.32. The lowest BCUT2D eigenvalue weighted by atomic mass is 10.1. The summed E-state index contributed by atoms with van der Waals surface area (Å²) in [6.45, 7) is 3.38. The van der Waals surface area contributed by atoms with Gasteiger partial charge in [-0.3, -0.25) is 0 Å². The predicted octanol–water partition coefficient (Wildman–Crippen LogP) is 3.69. The molecule has 1 aromatic rings. The number of benzene rings is 1. The van der Waals surface area contributed by atoms with Crippen LogP contribution in [0.4, 0.5) is 11.4 Å². The van der Waals surface area contributed by atoms with E-state index in [4.69, 9.17) is 17.3 Å². The van der Waals surface area contributed by atoms with Gasteiger partial charge in [-0.1, -0.05) is 24.4 Å². The minimum absolute atomic E-state index is 0.573. The maximum absolute atomic E-state index is 6.26. The Kier molecular flexibility index (Phi) is 3.59. The third-order valence-electron chi connectivity index (χ3n) is 3.33. The summed E-state index contributed by atoms with van der Waals surface area (Å²) >= 11 is 6.26. The largest absolute Gasteiger partial charge is 0.399 e. The molecule has 1 atom stereocenters. The van der Waals surface area contributed by atoms with Gasteiger partial charge >= 0.3 is 0 Å². The van der Waals surface area contributed by atoms with Gasteiger partial charge in [0.15, 0.2) is 0 Å². The lowest BCUT2D eigenvalue weighted by molar-refractivity contribution is 0.616. The number of hydrogen-bond acceptors (Lipinski definition) is 2. The molecule has 88 valence electrons. The first kappa shape index (κ1) is 11.6. The second-order valence-electron chi connectivity index (χ2n) is 4.60. The average Bonchev–Trinajstić information content (AvgIpc) is 2.44. The van der Waals surface area contributed by atoms with E-state index in [1.165, 1.54) is 25.7 Å². The molecule has 0 aliphatic carbocycles. The minimum atomic E-state index is 0.573. The Labute approximate surface area is 102 Å². The van der Waals surface area contributed by atoms with E-state index in [1.54, 1.807) is 0 Å². The first-order valence-electron chi connectivity index (χ1n) is 6.00. The highest BCUT2D eigenvalue weighted by atomic mass is 35.5.